The zero-order chi connectivity index (χ0) is 12.7. The summed E-state index contributed by atoms with van der Waals surface area (Å²) in [5, 5.41) is 9.80. The van der Waals surface area contributed by atoms with Gasteiger partial charge in [-0.25, -0.2) is 8.42 Å². The standard InChI is InChI=1S/C10H16N2O3S2/c1-10(13)4-5-12(7-10)17(14,15)9-3-2-8(6-11)16-9/h2-3,13H,4-7,11H2,1H3. The third kappa shape index (κ3) is 2.53. The van der Waals surface area contributed by atoms with Gasteiger partial charge < -0.3 is 10.8 Å². The summed E-state index contributed by atoms with van der Waals surface area (Å²) < 4.78 is 26.1. The van der Waals surface area contributed by atoms with E-state index in [0.717, 1.165) is 4.88 Å². The van der Waals surface area contributed by atoms with E-state index in [-0.39, 0.29) is 6.54 Å². The third-order valence-corrected chi connectivity index (χ3v) is 6.27. The van der Waals surface area contributed by atoms with Gasteiger partial charge in [-0.05, 0) is 25.5 Å². The van der Waals surface area contributed by atoms with Crippen molar-refractivity contribution in [2.75, 3.05) is 13.1 Å². The number of hydrogen-bond donors (Lipinski definition) is 2. The van der Waals surface area contributed by atoms with Crippen LogP contribution in [0.3, 0.4) is 0 Å². The smallest absolute Gasteiger partial charge is 0.252 e. The van der Waals surface area contributed by atoms with E-state index in [1.165, 1.54) is 15.6 Å². The molecule has 1 aliphatic heterocycles. The van der Waals surface area contributed by atoms with Crippen molar-refractivity contribution in [2.24, 2.45) is 5.73 Å². The van der Waals surface area contributed by atoms with Crippen molar-refractivity contribution >= 4 is 21.4 Å². The molecule has 17 heavy (non-hydrogen) atoms. The number of hydrogen-bond acceptors (Lipinski definition) is 5. The van der Waals surface area contributed by atoms with Crippen molar-refractivity contribution in [3.05, 3.63) is 17.0 Å². The zero-order valence-corrected chi connectivity index (χ0v) is 11.2. The van der Waals surface area contributed by atoms with E-state index in [1.807, 2.05) is 0 Å². The molecule has 0 bridgehead atoms. The van der Waals surface area contributed by atoms with Gasteiger partial charge in [0, 0.05) is 24.5 Å². The highest BCUT2D eigenvalue weighted by molar-refractivity contribution is 7.91. The molecule has 0 radical (unpaired) electrons. The lowest BCUT2D eigenvalue weighted by Gasteiger charge is -2.17. The van der Waals surface area contributed by atoms with Crippen molar-refractivity contribution in [1.82, 2.24) is 4.31 Å². The summed E-state index contributed by atoms with van der Waals surface area (Å²) in [5.41, 5.74) is 4.55. The maximum Gasteiger partial charge on any atom is 0.252 e. The molecule has 5 nitrogen and oxygen atoms in total. The molecule has 1 saturated heterocycles. The maximum absolute atomic E-state index is 12.2. The summed E-state index contributed by atoms with van der Waals surface area (Å²) in [6.07, 6.45) is 0.474. The first-order chi connectivity index (χ1) is 7.85. The minimum Gasteiger partial charge on any atom is -0.389 e. The fraction of sp³-hybridized carbons (Fsp3) is 0.600. The van der Waals surface area contributed by atoms with Gasteiger partial charge in [0.15, 0.2) is 0 Å². The van der Waals surface area contributed by atoms with Crippen LogP contribution in [0, 0.1) is 0 Å². The number of nitrogens with two attached hydrogens (primary N) is 1. The summed E-state index contributed by atoms with van der Waals surface area (Å²) in [4.78, 5) is 0.842. The molecule has 0 aliphatic carbocycles. The van der Waals surface area contributed by atoms with Crippen LogP contribution in [-0.4, -0.2) is 36.5 Å². The summed E-state index contributed by atoms with van der Waals surface area (Å²) in [7, 11) is -3.46. The lowest BCUT2D eigenvalue weighted by Crippen LogP contribution is -2.33. The van der Waals surface area contributed by atoms with Crippen LogP contribution in [0.15, 0.2) is 16.3 Å². The molecule has 1 fully saturated rings. The maximum atomic E-state index is 12.2. The molecule has 2 rings (SSSR count). The van der Waals surface area contributed by atoms with Gasteiger partial charge in [0.1, 0.15) is 4.21 Å². The van der Waals surface area contributed by atoms with Crippen LogP contribution in [0.5, 0.6) is 0 Å². The lowest BCUT2D eigenvalue weighted by atomic mass is 10.1. The Balaban J connectivity index is 2.25. The number of rotatable bonds is 3. The highest BCUT2D eigenvalue weighted by Crippen LogP contribution is 2.30. The number of aliphatic hydroxyl groups is 1. The topological polar surface area (TPSA) is 83.6 Å². The fourth-order valence-corrected chi connectivity index (χ4v) is 4.79. The Morgan fingerprint density at radius 1 is 1.59 bits per heavy atom. The van der Waals surface area contributed by atoms with Gasteiger partial charge in [0.2, 0.25) is 0 Å². The summed E-state index contributed by atoms with van der Waals surface area (Å²) in [5.74, 6) is 0. The van der Waals surface area contributed by atoms with Crippen molar-refractivity contribution in [2.45, 2.75) is 29.7 Å². The Hall–Kier alpha value is -0.470. The van der Waals surface area contributed by atoms with Crippen LogP contribution in [0.25, 0.3) is 0 Å². The molecule has 7 heteroatoms. The van der Waals surface area contributed by atoms with Crippen LogP contribution in [0.2, 0.25) is 0 Å². The largest absolute Gasteiger partial charge is 0.389 e. The van der Waals surface area contributed by atoms with Crippen molar-refractivity contribution in [1.29, 1.82) is 0 Å². The molecule has 1 aliphatic rings. The van der Waals surface area contributed by atoms with E-state index in [4.69, 9.17) is 5.73 Å². The first-order valence-electron chi connectivity index (χ1n) is 5.36. The third-order valence-electron chi connectivity index (χ3n) is 2.85. The van der Waals surface area contributed by atoms with Crippen molar-refractivity contribution in [3.63, 3.8) is 0 Å². The molecule has 96 valence electrons. The second-order valence-electron chi connectivity index (χ2n) is 4.51. The minimum atomic E-state index is -3.46. The predicted octanol–water partition coefficient (Wildman–Crippen LogP) is 0.352. The molecule has 0 saturated carbocycles. The number of nitrogens with zero attached hydrogens (tertiary/aromatic N) is 1. The zero-order valence-electron chi connectivity index (χ0n) is 9.59. The average molecular weight is 276 g/mol. The Morgan fingerprint density at radius 3 is 2.76 bits per heavy atom. The van der Waals surface area contributed by atoms with Crippen molar-refractivity contribution < 1.29 is 13.5 Å². The second-order valence-corrected chi connectivity index (χ2v) is 7.84. The summed E-state index contributed by atoms with van der Waals surface area (Å²) in [6.45, 7) is 2.52. The molecule has 1 unspecified atom stereocenters. The number of β-amino-alcohol motifs (C(OH)–C–C–N with tert-alkyl or cyclic N) is 1. The van der Waals surface area contributed by atoms with E-state index >= 15 is 0 Å². The van der Waals surface area contributed by atoms with Gasteiger partial charge in [-0.2, -0.15) is 4.31 Å². The van der Waals surface area contributed by atoms with Gasteiger partial charge in [0.05, 0.1) is 5.60 Å². The molecular weight excluding hydrogens is 260 g/mol. The van der Waals surface area contributed by atoms with E-state index in [0.29, 0.717) is 23.7 Å². The monoisotopic (exact) mass is 276 g/mol. The average Bonchev–Trinajstić information content (AvgIpc) is 2.84. The Kier molecular flexibility index (Phi) is 3.30. The predicted molar refractivity (Wildman–Crippen MR) is 66.2 cm³/mol. The first-order valence-corrected chi connectivity index (χ1v) is 7.62. The van der Waals surface area contributed by atoms with Crippen LogP contribution >= 0.6 is 11.3 Å². The van der Waals surface area contributed by atoms with E-state index in [2.05, 4.69) is 0 Å². The first kappa shape index (κ1) is 13.0. The van der Waals surface area contributed by atoms with Crippen LogP contribution in [0.4, 0.5) is 0 Å². The highest BCUT2D eigenvalue weighted by Gasteiger charge is 2.38. The van der Waals surface area contributed by atoms with E-state index in [9.17, 15) is 13.5 Å². The fourth-order valence-electron chi connectivity index (χ4n) is 1.84. The van der Waals surface area contributed by atoms with Crippen LogP contribution < -0.4 is 5.73 Å². The Bertz CT molecular complexity index is 507. The van der Waals surface area contributed by atoms with Crippen LogP contribution in [0.1, 0.15) is 18.2 Å². The summed E-state index contributed by atoms with van der Waals surface area (Å²) >= 11 is 1.19. The molecule has 2 heterocycles. The molecule has 0 amide bonds. The molecule has 0 spiro atoms. The normalized spacial score (nSPS) is 26.5. The van der Waals surface area contributed by atoms with Crippen LogP contribution in [-0.2, 0) is 16.6 Å². The molecule has 0 aromatic carbocycles. The van der Waals surface area contributed by atoms with Gasteiger partial charge in [-0.1, -0.05) is 0 Å². The van der Waals surface area contributed by atoms with Crippen molar-refractivity contribution in [3.8, 4) is 0 Å². The summed E-state index contributed by atoms with van der Waals surface area (Å²) in [6, 6.07) is 3.31. The van der Waals surface area contributed by atoms with Gasteiger partial charge >= 0.3 is 0 Å². The quantitative estimate of drug-likeness (QED) is 0.834. The molecular formula is C10H16N2O3S2. The van der Waals surface area contributed by atoms with Gasteiger partial charge in [-0.3, -0.25) is 0 Å². The minimum absolute atomic E-state index is 0.158. The Morgan fingerprint density at radius 2 is 2.29 bits per heavy atom. The number of thiophene rings is 1. The second kappa shape index (κ2) is 4.33. The number of sulfonamides is 1. The van der Waals surface area contributed by atoms with E-state index in [1.54, 1.807) is 19.1 Å². The molecule has 3 N–H and O–H groups in total. The van der Waals surface area contributed by atoms with Gasteiger partial charge in [0.25, 0.3) is 10.0 Å². The SMILES string of the molecule is CC1(O)CCN(S(=O)(=O)c2ccc(CN)s2)C1. The van der Waals surface area contributed by atoms with E-state index < -0.39 is 15.6 Å². The molecule has 1 aromatic heterocycles. The highest BCUT2D eigenvalue weighted by atomic mass is 32.2. The lowest BCUT2D eigenvalue weighted by molar-refractivity contribution is 0.0762. The molecule has 1 atom stereocenters. The molecule has 1 aromatic rings. The Labute approximate surface area is 105 Å². The van der Waals surface area contributed by atoms with Gasteiger partial charge in [-0.15, -0.1) is 11.3 Å².